The molecule has 5 rings (SSSR count). The molecule has 0 radical (unpaired) electrons. The lowest BCUT2D eigenvalue weighted by Crippen LogP contribution is -2.38. The van der Waals surface area contributed by atoms with Gasteiger partial charge >= 0.3 is 0 Å². The molecule has 8 nitrogen and oxygen atoms in total. The molecular formula is C24H24ClFN4O4. The summed E-state index contributed by atoms with van der Waals surface area (Å²) in [7, 11) is 1.51. The van der Waals surface area contributed by atoms with Gasteiger partial charge in [0.1, 0.15) is 0 Å². The first kappa shape index (κ1) is 22.6. The largest absolute Gasteiger partial charge is 0.493 e. The van der Waals surface area contributed by atoms with E-state index >= 15 is 0 Å². The molecule has 0 spiro atoms. The molecule has 0 bridgehead atoms. The molecule has 0 unspecified atom stereocenters. The van der Waals surface area contributed by atoms with Gasteiger partial charge in [0.2, 0.25) is 0 Å². The number of ether oxygens (including phenoxy) is 3. The SMILES string of the molecule is COc1c(Cl)cccc1Nc1c(-c2ccncc2F)[nH]c2c1C(=O)NC[C@H]2C[C@H]1COCCO1. The number of halogens is 2. The van der Waals surface area contributed by atoms with E-state index in [2.05, 4.69) is 20.6 Å². The Hall–Kier alpha value is -3.14. The predicted molar refractivity (Wildman–Crippen MR) is 126 cm³/mol. The van der Waals surface area contributed by atoms with E-state index < -0.39 is 5.82 Å². The van der Waals surface area contributed by atoms with E-state index in [0.29, 0.717) is 71.9 Å². The first-order valence-corrected chi connectivity index (χ1v) is 11.4. The molecular weight excluding hydrogens is 463 g/mol. The number of carbonyl (C=O) groups is 1. The van der Waals surface area contributed by atoms with Crippen LogP contribution in [0.1, 0.15) is 28.4 Å². The zero-order valence-corrected chi connectivity index (χ0v) is 19.2. The Bertz CT molecular complexity index is 1210. The second-order valence-corrected chi connectivity index (χ2v) is 8.58. The van der Waals surface area contributed by atoms with E-state index in [1.807, 2.05) is 0 Å². The first-order chi connectivity index (χ1) is 16.6. The Labute approximate surface area is 200 Å². The van der Waals surface area contributed by atoms with Crippen LogP contribution in [-0.2, 0) is 9.47 Å². The lowest BCUT2D eigenvalue weighted by molar-refractivity contribution is -0.0928. The number of pyridine rings is 1. The van der Waals surface area contributed by atoms with Gasteiger partial charge in [0.15, 0.2) is 11.6 Å². The number of hydrogen-bond acceptors (Lipinski definition) is 6. The van der Waals surface area contributed by atoms with E-state index in [9.17, 15) is 9.18 Å². The highest BCUT2D eigenvalue weighted by Gasteiger charge is 2.35. The molecule has 0 aliphatic carbocycles. The molecule has 34 heavy (non-hydrogen) atoms. The van der Waals surface area contributed by atoms with Gasteiger partial charge in [-0.25, -0.2) is 4.39 Å². The number of para-hydroxylation sites is 1. The first-order valence-electron chi connectivity index (χ1n) is 11.0. The normalized spacial score (nSPS) is 19.9. The van der Waals surface area contributed by atoms with Gasteiger partial charge in [-0.15, -0.1) is 0 Å². The van der Waals surface area contributed by atoms with Crippen molar-refractivity contribution < 1.29 is 23.4 Å². The maximum absolute atomic E-state index is 14.8. The van der Waals surface area contributed by atoms with Gasteiger partial charge in [0.25, 0.3) is 5.91 Å². The van der Waals surface area contributed by atoms with Crippen LogP contribution < -0.4 is 15.4 Å². The zero-order chi connectivity index (χ0) is 23.7. The van der Waals surface area contributed by atoms with E-state index in [1.165, 1.54) is 13.3 Å². The molecule has 2 aliphatic heterocycles. The lowest BCUT2D eigenvalue weighted by Gasteiger charge is -2.29. The predicted octanol–water partition coefficient (Wildman–Crippen LogP) is 4.25. The van der Waals surface area contributed by atoms with E-state index in [4.69, 9.17) is 25.8 Å². The molecule has 2 aromatic heterocycles. The van der Waals surface area contributed by atoms with Gasteiger partial charge in [-0.3, -0.25) is 9.78 Å². The standard InChI is InChI=1S/C24H24ClFN4O4/c1-32-23-16(25)3-2-4-18(23)29-22-19-20(30-21(22)15-5-6-27-11-17(15)26)13(10-28-24(19)31)9-14-12-33-7-8-34-14/h2-6,11,13-14,29-30H,7-10,12H2,1H3,(H,28,31)/t13-,14+/m1/s1. The number of anilines is 2. The van der Waals surface area contributed by atoms with Gasteiger partial charge in [-0.1, -0.05) is 17.7 Å². The summed E-state index contributed by atoms with van der Waals surface area (Å²) in [5, 5.41) is 6.65. The third kappa shape index (κ3) is 4.22. The van der Waals surface area contributed by atoms with Crippen molar-refractivity contribution in [2.45, 2.75) is 18.4 Å². The summed E-state index contributed by atoms with van der Waals surface area (Å²) in [5.74, 6) is -0.420. The van der Waals surface area contributed by atoms with Crippen LogP contribution in [-0.4, -0.2) is 55.5 Å². The zero-order valence-electron chi connectivity index (χ0n) is 18.5. The van der Waals surface area contributed by atoms with E-state index in [0.717, 1.165) is 6.20 Å². The summed E-state index contributed by atoms with van der Waals surface area (Å²) in [6.45, 7) is 2.05. The molecule has 10 heteroatoms. The highest BCUT2D eigenvalue weighted by Crippen LogP contribution is 2.43. The van der Waals surface area contributed by atoms with Crippen LogP contribution in [0, 0.1) is 5.82 Å². The topological polar surface area (TPSA) is 97.5 Å². The molecule has 3 N–H and O–H groups in total. The average molecular weight is 487 g/mol. The summed E-state index contributed by atoms with van der Waals surface area (Å²) >= 11 is 6.31. The van der Waals surface area contributed by atoms with Crippen molar-refractivity contribution in [3.8, 4) is 17.0 Å². The third-order valence-electron chi connectivity index (χ3n) is 6.08. The summed E-state index contributed by atoms with van der Waals surface area (Å²) < 4.78 is 31.7. The van der Waals surface area contributed by atoms with Crippen LogP contribution in [0.4, 0.5) is 15.8 Å². The Morgan fingerprint density at radius 2 is 2.21 bits per heavy atom. The molecule has 2 aliphatic rings. The number of fused-ring (bicyclic) bond motifs is 1. The molecule has 178 valence electrons. The van der Waals surface area contributed by atoms with E-state index in [-0.39, 0.29) is 23.5 Å². The minimum Gasteiger partial charge on any atom is -0.493 e. The monoisotopic (exact) mass is 486 g/mol. The fourth-order valence-corrected chi connectivity index (χ4v) is 4.76. The van der Waals surface area contributed by atoms with Crippen LogP contribution in [0.5, 0.6) is 5.75 Å². The van der Waals surface area contributed by atoms with Crippen molar-refractivity contribution in [3.63, 3.8) is 0 Å². The Kier molecular flexibility index (Phi) is 6.40. The van der Waals surface area contributed by atoms with Crippen LogP contribution in [0.2, 0.25) is 5.02 Å². The van der Waals surface area contributed by atoms with Crippen molar-refractivity contribution >= 4 is 28.9 Å². The number of nitrogens with one attached hydrogen (secondary N) is 3. The number of methoxy groups -OCH3 is 1. The summed E-state index contributed by atoms with van der Waals surface area (Å²) in [5.41, 5.74) is 2.84. The molecule has 1 amide bonds. The number of hydrogen-bond donors (Lipinski definition) is 3. The summed E-state index contributed by atoms with van der Waals surface area (Å²) in [4.78, 5) is 20.3. The number of rotatable bonds is 6. The van der Waals surface area contributed by atoms with Crippen LogP contribution >= 0.6 is 11.6 Å². The summed E-state index contributed by atoms with van der Waals surface area (Å²) in [6.07, 6.45) is 3.21. The van der Waals surface area contributed by atoms with Crippen molar-refractivity contribution in [1.29, 1.82) is 0 Å². The highest BCUT2D eigenvalue weighted by atomic mass is 35.5. The second-order valence-electron chi connectivity index (χ2n) is 8.18. The minimum atomic E-state index is -0.511. The van der Waals surface area contributed by atoms with Gasteiger partial charge in [-0.2, -0.15) is 0 Å². The van der Waals surface area contributed by atoms with Gasteiger partial charge in [-0.05, 0) is 24.6 Å². The molecule has 0 saturated carbocycles. The van der Waals surface area contributed by atoms with Crippen molar-refractivity contribution in [2.75, 3.05) is 38.8 Å². The van der Waals surface area contributed by atoms with Gasteiger partial charge in [0.05, 0.1) is 66.9 Å². The van der Waals surface area contributed by atoms with Crippen LogP contribution in [0.15, 0.2) is 36.7 Å². The fraction of sp³-hybridized carbons (Fsp3) is 0.333. The summed E-state index contributed by atoms with van der Waals surface area (Å²) in [6, 6.07) is 6.82. The Balaban J connectivity index is 1.63. The van der Waals surface area contributed by atoms with Gasteiger partial charge in [0, 0.05) is 29.9 Å². The molecule has 3 aromatic rings. The molecule has 1 fully saturated rings. The lowest BCUT2D eigenvalue weighted by atomic mass is 9.91. The smallest absolute Gasteiger partial charge is 0.255 e. The maximum atomic E-state index is 14.8. The van der Waals surface area contributed by atoms with Crippen LogP contribution in [0.3, 0.4) is 0 Å². The Morgan fingerprint density at radius 3 is 2.97 bits per heavy atom. The molecule has 4 heterocycles. The number of amides is 1. The average Bonchev–Trinajstić information content (AvgIpc) is 3.22. The fourth-order valence-electron chi connectivity index (χ4n) is 4.51. The number of benzene rings is 1. The molecule has 1 aromatic carbocycles. The molecule has 1 saturated heterocycles. The Morgan fingerprint density at radius 1 is 1.32 bits per heavy atom. The number of aromatic nitrogens is 2. The van der Waals surface area contributed by atoms with E-state index in [1.54, 1.807) is 24.3 Å². The quantitative estimate of drug-likeness (QED) is 0.482. The number of nitrogens with zero attached hydrogens (tertiary/aromatic N) is 1. The molecule has 2 atom stereocenters. The van der Waals surface area contributed by atoms with Crippen molar-refractivity contribution in [3.05, 3.63) is 58.8 Å². The number of aromatic amines is 1. The number of carbonyl (C=O) groups excluding carboxylic acids is 1. The minimum absolute atomic E-state index is 0.0696. The van der Waals surface area contributed by atoms with Crippen molar-refractivity contribution in [1.82, 2.24) is 15.3 Å². The highest BCUT2D eigenvalue weighted by molar-refractivity contribution is 6.32. The maximum Gasteiger partial charge on any atom is 0.255 e. The number of H-pyrrole nitrogens is 1. The van der Waals surface area contributed by atoms with Crippen LogP contribution in [0.25, 0.3) is 11.3 Å². The van der Waals surface area contributed by atoms with Gasteiger partial charge < -0.3 is 29.8 Å². The third-order valence-corrected chi connectivity index (χ3v) is 6.38. The van der Waals surface area contributed by atoms with Crippen molar-refractivity contribution in [2.24, 2.45) is 0 Å². The second kappa shape index (κ2) is 9.61.